The molecule has 1 amide bonds. The molecule has 1 atom stereocenters. The maximum absolute atomic E-state index is 12.8. The summed E-state index contributed by atoms with van der Waals surface area (Å²) in [7, 11) is 0. The Bertz CT molecular complexity index is 1150. The van der Waals surface area contributed by atoms with Crippen molar-refractivity contribution in [2.75, 3.05) is 18.5 Å². The van der Waals surface area contributed by atoms with Crippen molar-refractivity contribution < 1.29 is 14.3 Å². The number of rotatable bonds is 6. The first-order chi connectivity index (χ1) is 15.1. The van der Waals surface area contributed by atoms with Crippen molar-refractivity contribution >= 4 is 39.6 Å². The summed E-state index contributed by atoms with van der Waals surface area (Å²) in [6, 6.07) is 4.84. The summed E-state index contributed by atoms with van der Waals surface area (Å²) >= 11 is 2.77. The number of hydrogen-bond acceptors (Lipinski definition) is 9. The van der Waals surface area contributed by atoms with Crippen LogP contribution in [0.25, 0.3) is 0 Å². The van der Waals surface area contributed by atoms with Crippen LogP contribution in [0.5, 0.6) is 0 Å². The van der Waals surface area contributed by atoms with Crippen LogP contribution in [-0.4, -0.2) is 35.0 Å². The van der Waals surface area contributed by atoms with Crippen LogP contribution >= 0.6 is 22.7 Å². The van der Waals surface area contributed by atoms with Crippen molar-refractivity contribution in [2.24, 2.45) is 0 Å². The van der Waals surface area contributed by atoms with Crippen molar-refractivity contribution in [1.29, 1.82) is 5.26 Å². The zero-order valence-electron chi connectivity index (χ0n) is 16.7. The Morgan fingerprint density at radius 3 is 3.03 bits per heavy atom. The Morgan fingerprint density at radius 1 is 1.45 bits per heavy atom. The molecule has 0 fully saturated rings. The normalized spacial score (nSPS) is 15.0. The molecule has 10 heteroatoms. The lowest BCUT2D eigenvalue weighted by Crippen LogP contribution is -2.35. The molecule has 0 aliphatic carbocycles. The maximum Gasteiger partial charge on any atom is 0.328 e. The third-order valence-corrected chi connectivity index (χ3v) is 7.15. The molecule has 2 N–H and O–H groups in total. The fraction of sp³-hybridized carbons (Fsp3) is 0.286. The molecule has 3 aromatic rings. The lowest BCUT2D eigenvalue weighted by atomic mass is 10.00. The van der Waals surface area contributed by atoms with E-state index in [4.69, 9.17) is 4.74 Å². The van der Waals surface area contributed by atoms with Crippen molar-refractivity contribution in [1.82, 2.24) is 15.3 Å². The Kier molecular flexibility index (Phi) is 6.36. The van der Waals surface area contributed by atoms with Gasteiger partial charge in [-0.15, -0.1) is 22.7 Å². The van der Waals surface area contributed by atoms with Gasteiger partial charge in [0.05, 0.1) is 28.9 Å². The van der Waals surface area contributed by atoms with E-state index in [0.29, 0.717) is 40.4 Å². The number of anilines is 1. The summed E-state index contributed by atoms with van der Waals surface area (Å²) in [5.74, 6) is -0.741. The molecule has 4 rings (SSSR count). The van der Waals surface area contributed by atoms with E-state index in [-0.39, 0.29) is 18.5 Å². The topological polar surface area (TPSA) is 117 Å². The van der Waals surface area contributed by atoms with Gasteiger partial charge < -0.3 is 10.1 Å². The highest BCUT2D eigenvalue weighted by molar-refractivity contribution is 7.17. The predicted molar refractivity (Wildman–Crippen MR) is 117 cm³/mol. The molecule has 1 aliphatic heterocycles. The van der Waals surface area contributed by atoms with Crippen LogP contribution in [-0.2, 0) is 22.4 Å². The molecule has 0 saturated carbocycles. The maximum atomic E-state index is 12.8. The van der Waals surface area contributed by atoms with Gasteiger partial charge in [-0.2, -0.15) is 5.26 Å². The van der Waals surface area contributed by atoms with Crippen molar-refractivity contribution in [3.63, 3.8) is 0 Å². The molecule has 4 heterocycles. The fourth-order valence-electron chi connectivity index (χ4n) is 3.36. The predicted octanol–water partition coefficient (Wildman–Crippen LogP) is 3.00. The molecule has 1 aliphatic rings. The first kappa shape index (κ1) is 21.1. The molecule has 0 bridgehead atoms. The molecular formula is C21H19N5O3S2. The van der Waals surface area contributed by atoms with Crippen LogP contribution in [0.1, 0.15) is 43.0 Å². The number of nitrogens with zero attached hydrogens (tertiary/aromatic N) is 3. The zero-order valence-corrected chi connectivity index (χ0v) is 18.3. The summed E-state index contributed by atoms with van der Waals surface area (Å²) in [6.45, 7) is 2.73. The minimum Gasteiger partial charge on any atom is -0.464 e. The Labute approximate surface area is 186 Å². The largest absolute Gasteiger partial charge is 0.464 e. The van der Waals surface area contributed by atoms with Gasteiger partial charge in [-0.3, -0.25) is 15.1 Å². The molecule has 0 aromatic carbocycles. The molecule has 8 nitrogen and oxygen atoms in total. The van der Waals surface area contributed by atoms with Gasteiger partial charge >= 0.3 is 5.97 Å². The molecule has 0 saturated heterocycles. The monoisotopic (exact) mass is 453 g/mol. The van der Waals surface area contributed by atoms with Crippen LogP contribution < -0.4 is 10.6 Å². The number of hydrogen-bond donors (Lipinski definition) is 2. The Morgan fingerprint density at radius 2 is 2.32 bits per heavy atom. The Balaban J connectivity index is 1.50. The summed E-state index contributed by atoms with van der Waals surface area (Å²) in [5.41, 5.74) is 4.30. The first-order valence-corrected chi connectivity index (χ1v) is 11.3. The SMILES string of the molecule is Cc1ncsc1CCOC(=O)C1NCCc2c1sc(NC(=O)c1cccnc1)c2C#N. The van der Waals surface area contributed by atoms with Crippen molar-refractivity contribution in [3.05, 3.63) is 62.2 Å². The number of thiazole rings is 1. The smallest absolute Gasteiger partial charge is 0.328 e. The van der Waals surface area contributed by atoms with Gasteiger partial charge in [0, 0.05) is 35.1 Å². The number of pyridine rings is 1. The molecular weight excluding hydrogens is 434 g/mol. The summed E-state index contributed by atoms with van der Waals surface area (Å²) in [5, 5.41) is 16.1. The van der Waals surface area contributed by atoms with Crippen molar-refractivity contribution in [2.45, 2.75) is 25.8 Å². The molecule has 0 spiro atoms. The number of aromatic nitrogens is 2. The van der Waals surface area contributed by atoms with Gasteiger partial charge in [0.25, 0.3) is 5.91 Å². The van der Waals surface area contributed by atoms with Gasteiger partial charge in [0.15, 0.2) is 0 Å². The third-order valence-electron chi connectivity index (χ3n) is 4.94. The highest BCUT2D eigenvalue weighted by Crippen LogP contribution is 2.39. The zero-order chi connectivity index (χ0) is 21.8. The molecule has 1 unspecified atom stereocenters. The van der Waals surface area contributed by atoms with Gasteiger partial charge in [0.1, 0.15) is 17.1 Å². The van der Waals surface area contributed by atoms with E-state index in [1.807, 2.05) is 6.92 Å². The number of aryl methyl sites for hydroxylation is 1. The van der Waals surface area contributed by atoms with Gasteiger partial charge in [-0.25, -0.2) is 9.78 Å². The van der Waals surface area contributed by atoms with E-state index >= 15 is 0 Å². The number of amides is 1. The van der Waals surface area contributed by atoms with Gasteiger partial charge in [-0.1, -0.05) is 0 Å². The second-order valence-corrected chi connectivity index (χ2v) is 8.86. The third kappa shape index (κ3) is 4.49. The lowest BCUT2D eigenvalue weighted by Gasteiger charge is -2.22. The number of esters is 1. The van der Waals surface area contributed by atoms with Gasteiger partial charge in [-0.05, 0) is 31.0 Å². The van der Waals surface area contributed by atoms with Gasteiger partial charge in [0.2, 0.25) is 0 Å². The quantitative estimate of drug-likeness (QED) is 0.551. The van der Waals surface area contributed by atoms with Crippen molar-refractivity contribution in [3.8, 4) is 6.07 Å². The minimum atomic E-state index is -0.660. The van der Waals surface area contributed by atoms with Crippen LogP contribution in [0.2, 0.25) is 0 Å². The lowest BCUT2D eigenvalue weighted by molar-refractivity contribution is -0.146. The van der Waals surface area contributed by atoms with E-state index in [1.165, 1.54) is 17.5 Å². The summed E-state index contributed by atoms with van der Waals surface area (Å²) in [6.07, 6.45) is 4.25. The highest BCUT2D eigenvalue weighted by Gasteiger charge is 2.33. The molecule has 158 valence electrons. The second-order valence-electron chi connectivity index (χ2n) is 6.87. The average Bonchev–Trinajstić information content (AvgIpc) is 3.36. The number of thiophene rings is 1. The van der Waals surface area contributed by atoms with E-state index in [2.05, 4.69) is 26.7 Å². The van der Waals surface area contributed by atoms with E-state index in [1.54, 1.807) is 35.2 Å². The Hall–Kier alpha value is -3.13. The number of nitrogens with one attached hydrogen (secondary N) is 2. The fourth-order valence-corrected chi connectivity index (χ4v) is 5.38. The average molecular weight is 454 g/mol. The van der Waals surface area contributed by atoms with E-state index < -0.39 is 6.04 Å². The molecule has 31 heavy (non-hydrogen) atoms. The molecule has 0 radical (unpaired) electrons. The first-order valence-electron chi connectivity index (χ1n) is 9.64. The number of fused-ring (bicyclic) bond motifs is 1. The van der Waals surface area contributed by atoms with E-state index in [9.17, 15) is 14.9 Å². The van der Waals surface area contributed by atoms with E-state index in [0.717, 1.165) is 16.1 Å². The summed E-state index contributed by atoms with van der Waals surface area (Å²) < 4.78 is 5.51. The van der Waals surface area contributed by atoms with Crippen LogP contribution in [0.4, 0.5) is 5.00 Å². The second kappa shape index (κ2) is 9.34. The number of nitriles is 1. The number of carbonyl (C=O) groups excluding carboxylic acids is 2. The van der Waals surface area contributed by atoms with Crippen LogP contribution in [0.3, 0.4) is 0 Å². The summed E-state index contributed by atoms with van der Waals surface area (Å²) in [4.78, 5) is 35.2. The minimum absolute atomic E-state index is 0.260. The number of ether oxygens (including phenoxy) is 1. The highest BCUT2D eigenvalue weighted by atomic mass is 32.1. The standard InChI is InChI=1S/C21H19N5O3S2/c1-12-16(30-11-25-12)5-8-29-21(28)17-18-14(4-7-24-17)15(9-22)20(31-18)26-19(27)13-3-2-6-23-10-13/h2-3,6,10-11,17,24H,4-5,7-8H2,1H3,(H,26,27). The number of carbonyl (C=O) groups is 2. The molecule has 3 aromatic heterocycles. The van der Waals surface area contributed by atoms with Crippen LogP contribution in [0, 0.1) is 18.3 Å². The van der Waals surface area contributed by atoms with Crippen LogP contribution in [0.15, 0.2) is 30.0 Å².